The second-order valence-corrected chi connectivity index (χ2v) is 2.66. The van der Waals surface area contributed by atoms with Crippen molar-refractivity contribution < 1.29 is 13.2 Å². The fraction of sp³-hybridized carbons (Fsp3) is 0.222. The van der Waals surface area contributed by atoms with E-state index < -0.39 is 11.7 Å². The SMILES string of the molecule is N#CCc1ncc(C(F)(F)F)cc1C#N. The lowest BCUT2D eigenvalue weighted by atomic mass is 10.1. The molecule has 0 unspecified atom stereocenters. The van der Waals surface area contributed by atoms with Crippen LogP contribution in [0.25, 0.3) is 0 Å². The Morgan fingerprint density at radius 2 is 2.00 bits per heavy atom. The van der Waals surface area contributed by atoms with E-state index in [0.717, 1.165) is 0 Å². The molecule has 1 rings (SSSR count). The van der Waals surface area contributed by atoms with Crippen molar-refractivity contribution in [3.63, 3.8) is 0 Å². The molecule has 0 saturated carbocycles. The first-order valence-electron chi connectivity index (χ1n) is 3.82. The second kappa shape index (κ2) is 3.97. The molecular weight excluding hydrogens is 207 g/mol. The van der Waals surface area contributed by atoms with Crippen molar-refractivity contribution in [1.29, 1.82) is 10.5 Å². The Morgan fingerprint density at radius 1 is 1.33 bits per heavy atom. The van der Waals surface area contributed by atoms with E-state index in [1.54, 1.807) is 12.1 Å². The summed E-state index contributed by atoms with van der Waals surface area (Å²) in [5.41, 5.74) is -1.14. The van der Waals surface area contributed by atoms with Gasteiger partial charge in [-0.25, -0.2) is 0 Å². The van der Waals surface area contributed by atoms with E-state index in [0.29, 0.717) is 12.3 Å². The fourth-order valence-corrected chi connectivity index (χ4v) is 0.961. The lowest BCUT2D eigenvalue weighted by Crippen LogP contribution is -2.07. The monoisotopic (exact) mass is 211 g/mol. The van der Waals surface area contributed by atoms with Gasteiger partial charge in [-0.15, -0.1) is 0 Å². The van der Waals surface area contributed by atoms with Crippen LogP contribution in [0, 0.1) is 22.7 Å². The molecule has 0 fully saturated rings. The lowest BCUT2D eigenvalue weighted by Gasteiger charge is -2.07. The highest BCUT2D eigenvalue weighted by molar-refractivity contribution is 5.37. The van der Waals surface area contributed by atoms with Crippen LogP contribution in [0.3, 0.4) is 0 Å². The first-order valence-corrected chi connectivity index (χ1v) is 3.82. The van der Waals surface area contributed by atoms with Crippen LogP contribution in [0.5, 0.6) is 0 Å². The average molecular weight is 211 g/mol. The van der Waals surface area contributed by atoms with Crippen molar-refractivity contribution in [3.8, 4) is 12.1 Å². The number of rotatable bonds is 1. The van der Waals surface area contributed by atoms with Gasteiger partial charge in [0.25, 0.3) is 0 Å². The highest BCUT2D eigenvalue weighted by Gasteiger charge is 2.31. The van der Waals surface area contributed by atoms with Crippen LogP contribution in [0.1, 0.15) is 16.8 Å². The predicted molar refractivity (Wildman–Crippen MR) is 43.3 cm³/mol. The predicted octanol–water partition coefficient (Wildman–Crippen LogP) is 2.04. The fourth-order valence-electron chi connectivity index (χ4n) is 0.961. The van der Waals surface area contributed by atoms with Crippen LogP contribution >= 0.6 is 0 Å². The van der Waals surface area contributed by atoms with E-state index in [4.69, 9.17) is 10.5 Å². The van der Waals surface area contributed by atoms with Crippen molar-refractivity contribution in [3.05, 3.63) is 29.1 Å². The van der Waals surface area contributed by atoms with Gasteiger partial charge in [0.1, 0.15) is 6.07 Å². The molecule has 0 N–H and O–H groups in total. The van der Waals surface area contributed by atoms with Crippen LogP contribution < -0.4 is 0 Å². The summed E-state index contributed by atoms with van der Waals surface area (Å²) in [4.78, 5) is 3.44. The van der Waals surface area contributed by atoms with Gasteiger partial charge in [0.05, 0.1) is 29.3 Å². The van der Waals surface area contributed by atoms with Crippen molar-refractivity contribution >= 4 is 0 Å². The summed E-state index contributed by atoms with van der Waals surface area (Å²) in [6.45, 7) is 0. The molecule has 0 aliphatic rings. The van der Waals surface area contributed by atoms with Crippen molar-refractivity contribution in [2.45, 2.75) is 12.6 Å². The van der Waals surface area contributed by atoms with Crippen LogP contribution in [-0.2, 0) is 12.6 Å². The van der Waals surface area contributed by atoms with Gasteiger partial charge >= 0.3 is 6.18 Å². The van der Waals surface area contributed by atoms with Crippen LogP contribution in [0.15, 0.2) is 12.3 Å². The molecule has 0 aromatic carbocycles. The van der Waals surface area contributed by atoms with Gasteiger partial charge in [-0.05, 0) is 6.07 Å². The maximum atomic E-state index is 12.2. The summed E-state index contributed by atoms with van der Waals surface area (Å²) in [5.74, 6) is 0. The molecule has 3 nitrogen and oxygen atoms in total. The maximum absolute atomic E-state index is 12.2. The Balaban J connectivity index is 3.22. The number of alkyl halides is 3. The zero-order valence-corrected chi connectivity index (χ0v) is 7.34. The average Bonchev–Trinajstić information content (AvgIpc) is 2.17. The van der Waals surface area contributed by atoms with Crippen LogP contribution in [0.4, 0.5) is 13.2 Å². The van der Waals surface area contributed by atoms with Gasteiger partial charge in [-0.1, -0.05) is 0 Å². The Morgan fingerprint density at radius 3 is 2.47 bits per heavy atom. The Hall–Kier alpha value is -2.08. The molecule has 0 radical (unpaired) electrons. The summed E-state index contributed by atoms with van der Waals surface area (Å²) in [7, 11) is 0. The van der Waals surface area contributed by atoms with Crippen molar-refractivity contribution in [2.75, 3.05) is 0 Å². The summed E-state index contributed by atoms with van der Waals surface area (Å²) < 4.78 is 36.6. The molecule has 0 amide bonds. The van der Waals surface area contributed by atoms with Gasteiger partial charge < -0.3 is 0 Å². The van der Waals surface area contributed by atoms with Gasteiger partial charge in [0.15, 0.2) is 0 Å². The zero-order valence-electron chi connectivity index (χ0n) is 7.34. The van der Waals surface area contributed by atoms with Crippen LogP contribution in [-0.4, -0.2) is 4.98 Å². The molecule has 76 valence electrons. The molecule has 0 spiro atoms. The van der Waals surface area contributed by atoms with E-state index in [1.807, 2.05) is 0 Å². The number of hydrogen-bond donors (Lipinski definition) is 0. The maximum Gasteiger partial charge on any atom is 0.417 e. The molecule has 0 saturated heterocycles. The first-order chi connectivity index (χ1) is 6.99. The Bertz CT molecular complexity index is 451. The molecule has 0 aliphatic heterocycles. The minimum atomic E-state index is -4.52. The summed E-state index contributed by atoms with van der Waals surface area (Å²) >= 11 is 0. The molecule has 0 aliphatic carbocycles. The normalized spacial score (nSPS) is 10.5. The molecule has 1 aromatic heterocycles. The molecular formula is C9H4F3N3. The number of nitriles is 2. The Kier molecular flexibility index (Phi) is 2.91. The van der Waals surface area contributed by atoms with Gasteiger partial charge in [-0.3, -0.25) is 4.98 Å². The lowest BCUT2D eigenvalue weighted by molar-refractivity contribution is -0.137. The smallest absolute Gasteiger partial charge is 0.258 e. The van der Waals surface area contributed by atoms with E-state index >= 15 is 0 Å². The summed E-state index contributed by atoms with van der Waals surface area (Å²) in [5, 5.41) is 16.9. The van der Waals surface area contributed by atoms with E-state index in [-0.39, 0.29) is 17.7 Å². The third kappa shape index (κ3) is 2.44. The number of halogens is 3. The van der Waals surface area contributed by atoms with Crippen molar-refractivity contribution in [2.24, 2.45) is 0 Å². The number of nitrogens with zero attached hydrogens (tertiary/aromatic N) is 3. The molecule has 1 heterocycles. The third-order valence-electron chi connectivity index (χ3n) is 1.66. The topological polar surface area (TPSA) is 60.5 Å². The Labute approximate surface area is 83.4 Å². The molecule has 1 aromatic rings. The minimum absolute atomic E-state index is 0.0630. The standard InChI is InChI=1S/C9H4F3N3/c10-9(11,12)7-3-6(4-14)8(1-2-13)15-5-7/h3,5H,1H2. The first kappa shape index (κ1) is 11.0. The summed E-state index contributed by atoms with van der Waals surface area (Å²) in [6.07, 6.45) is -4.09. The number of aromatic nitrogens is 1. The quantitative estimate of drug-likeness (QED) is 0.714. The molecule has 6 heteroatoms. The molecule has 0 atom stereocenters. The zero-order chi connectivity index (χ0) is 11.5. The van der Waals surface area contributed by atoms with Gasteiger partial charge in [0.2, 0.25) is 0 Å². The summed E-state index contributed by atoms with van der Waals surface area (Å²) in [6, 6.07) is 4.00. The van der Waals surface area contributed by atoms with Gasteiger partial charge in [0, 0.05) is 6.20 Å². The molecule has 15 heavy (non-hydrogen) atoms. The number of pyridine rings is 1. The molecule has 0 bridgehead atoms. The van der Waals surface area contributed by atoms with Gasteiger partial charge in [-0.2, -0.15) is 23.7 Å². The van der Waals surface area contributed by atoms with Crippen molar-refractivity contribution in [1.82, 2.24) is 4.98 Å². The third-order valence-corrected chi connectivity index (χ3v) is 1.66. The van der Waals surface area contributed by atoms with E-state index in [2.05, 4.69) is 4.98 Å². The van der Waals surface area contributed by atoms with E-state index in [9.17, 15) is 13.2 Å². The largest absolute Gasteiger partial charge is 0.417 e. The minimum Gasteiger partial charge on any atom is -0.258 e. The van der Waals surface area contributed by atoms with E-state index in [1.165, 1.54) is 0 Å². The highest BCUT2D eigenvalue weighted by Crippen LogP contribution is 2.29. The number of hydrogen-bond acceptors (Lipinski definition) is 3. The van der Waals surface area contributed by atoms with Crippen LogP contribution in [0.2, 0.25) is 0 Å². The second-order valence-electron chi connectivity index (χ2n) is 2.66. The highest BCUT2D eigenvalue weighted by atomic mass is 19.4.